The van der Waals surface area contributed by atoms with Gasteiger partial charge >= 0.3 is 12.1 Å². The van der Waals surface area contributed by atoms with Crippen LogP contribution in [0.5, 0.6) is 0 Å². The summed E-state index contributed by atoms with van der Waals surface area (Å²) < 4.78 is 49.4. The van der Waals surface area contributed by atoms with Gasteiger partial charge in [-0.25, -0.2) is 4.79 Å². The number of benzene rings is 6. The van der Waals surface area contributed by atoms with Gasteiger partial charge in [-0.05, 0) is 96.1 Å². The molecule has 0 radical (unpaired) electrons. The van der Waals surface area contributed by atoms with Crippen LogP contribution in [0.3, 0.4) is 0 Å². The predicted octanol–water partition coefficient (Wildman–Crippen LogP) is 14.6. The molecule has 58 heavy (non-hydrogen) atoms. The summed E-state index contributed by atoms with van der Waals surface area (Å²) >= 11 is 2.85. The Bertz CT molecular complexity index is 2490. The smallest absolute Gasteiger partial charge is 0.424 e. The maximum atomic E-state index is 14.9. The molecule has 0 bridgehead atoms. The van der Waals surface area contributed by atoms with Crippen molar-refractivity contribution in [1.82, 2.24) is 0 Å². The largest absolute Gasteiger partial charge is 0.465 e. The monoisotopic (exact) mass is 802 g/mol. The molecular weight excluding hydrogens is 770 g/mol. The van der Waals surface area contributed by atoms with Gasteiger partial charge in [0, 0.05) is 60.6 Å². The molecule has 8 aromatic rings. The first-order chi connectivity index (χ1) is 28.3. The van der Waals surface area contributed by atoms with Gasteiger partial charge in [-0.3, -0.25) is 0 Å². The molecule has 0 unspecified atom stereocenters. The third kappa shape index (κ3) is 6.89. The molecule has 2 aromatic heterocycles. The van der Waals surface area contributed by atoms with Crippen molar-refractivity contribution in [1.29, 1.82) is 0 Å². The molecule has 0 fully saturated rings. The zero-order chi connectivity index (χ0) is 39.8. The molecule has 284 valence electrons. The molecule has 2 heterocycles. The third-order valence-electron chi connectivity index (χ3n) is 10.0. The maximum Gasteiger partial charge on any atom is 0.424 e. The Morgan fingerprint density at radius 1 is 0.483 bits per heavy atom. The van der Waals surface area contributed by atoms with Gasteiger partial charge in [0.05, 0.1) is 16.9 Å². The van der Waals surface area contributed by atoms with E-state index >= 15 is 0 Å². The van der Waals surface area contributed by atoms with E-state index in [-0.39, 0.29) is 5.57 Å². The zero-order valence-corrected chi connectivity index (χ0v) is 32.6. The summed E-state index contributed by atoms with van der Waals surface area (Å²) in [7, 11) is 0.981. The number of thiophene rings is 2. The highest BCUT2D eigenvalue weighted by molar-refractivity contribution is 7.26. The number of rotatable bonds is 9. The fourth-order valence-electron chi connectivity index (χ4n) is 7.40. The molecule has 0 N–H and O–H groups in total. The summed E-state index contributed by atoms with van der Waals surface area (Å²) in [5.74, 6) is -1.42. The van der Waals surface area contributed by atoms with Crippen molar-refractivity contribution in [2.45, 2.75) is 6.18 Å². The van der Waals surface area contributed by atoms with E-state index in [2.05, 4.69) is 9.80 Å². The summed E-state index contributed by atoms with van der Waals surface area (Å²) in [5.41, 5.74) is 6.84. The molecule has 9 heteroatoms. The molecule has 0 aliphatic heterocycles. The Labute approximate surface area is 342 Å². The Balaban J connectivity index is 1.11. The lowest BCUT2D eigenvalue weighted by Crippen LogP contribution is -2.23. The van der Waals surface area contributed by atoms with Crippen molar-refractivity contribution in [3.05, 3.63) is 199 Å². The Morgan fingerprint density at radius 2 is 0.793 bits per heavy atom. The van der Waals surface area contributed by atoms with E-state index in [1.807, 2.05) is 170 Å². The molecule has 0 saturated heterocycles. The first kappa shape index (κ1) is 36.9. The average Bonchev–Trinajstić information content (AvgIpc) is 3.96. The topological polar surface area (TPSA) is 32.8 Å². The summed E-state index contributed by atoms with van der Waals surface area (Å²) in [6, 6.07) is 59.8. The van der Waals surface area contributed by atoms with Crippen LogP contribution in [0.25, 0.3) is 36.2 Å². The van der Waals surface area contributed by atoms with Gasteiger partial charge in [0.1, 0.15) is 5.57 Å². The van der Waals surface area contributed by atoms with E-state index < -0.39 is 17.7 Å². The fraction of sp³-hybridized carbons (Fsp3) is 0.0408. The molecule has 1 aliphatic rings. The quantitative estimate of drug-likeness (QED) is 0.107. The predicted molar refractivity (Wildman–Crippen MR) is 232 cm³/mol. The number of carbonyl (C=O) groups is 1. The number of nitrogens with zero attached hydrogens (tertiary/aromatic N) is 2. The molecule has 0 spiro atoms. The summed E-state index contributed by atoms with van der Waals surface area (Å²) in [6.45, 7) is 0. The number of para-hydroxylation sites is 4. The minimum atomic E-state index is -4.95. The van der Waals surface area contributed by atoms with E-state index in [0.717, 1.165) is 62.1 Å². The molecular formula is C49H33F3N2O2S2. The van der Waals surface area contributed by atoms with E-state index in [1.165, 1.54) is 22.7 Å². The van der Waals surface area contributed by atoms with Crippen molar-refractivity contribution in [2.75, 3.05) is 16.9 Å². The van der Waals surface area contributed by atoms with Crippen LogP contribution < -0.4 is 9.80 Å². The van der Waals surface area contributed by atoms with Crippen LogP contribution in [-0.4, -0.2) is 19.3 Å². The van der Waals surface area contributed by atoms with E-state index in [0.29, 0.717) is 20.9 Å². The third-order valence-corrected chi connectivity index (χ3v) is 12.5. The fourth-order valence-corrected chi connectivity index (χ4v) is 9.90. The molecule has 9 rings (SSSR count). The van der Waals surface area contributed by atoms with E-state index in [4.69, 9.17) is 4.74 Å². The molecule has 1 aliphatic carbocycles. The van der Waals surface area contributed by atoms with Gasteiger partial charge in [0.2, 0.25) is 0 Å². The first-order valence-electron chi connectivity index (χ1n) is 18.5. The highest BCUT2D eigenvalue weighted by Gasteiger charge is 2.46. The van der Waals surface area contributed by atoms with Gasteiger partial charge in [-0.15, -0.1) is 22.7 Å². The average molecular weight is 803 g/mol. The zero-order valence-electron chi connectivity index (χ0n) is 31.0. The highest BCUT2D eigenvalue weighted by atomic mass is 32.1. The number of hydrogen-bond donors (Lipinski definition) is 0. The van der Waals surface area contributed by atoms with Gasteiger partial charge in [-0.2, -0.15) is 13.2 Å². The second-order valence-corrected chi connectivity index (χ2v) is 15.7. The second-order valence-electron chi connectivity index (χ2n) is 13.6. The van der Waals surface area contributed by atoms with Gasteiger partial charge in [0.15, 0.2) is 0 Å². The van der Waals surface area contributed by atoms with E-state index in [1.54, 1.807) is 12.1 Å². The summed E-state index contributed by atoms with van der Waals surface area (Å²) in [5, 5.41) is 0. The lowest BCUT2D eigenvalue weighted by atomic mass is 9.98. The van der Waals surface area contributed by atoms with E-state index in [9.17, 15) is 18.0 Å². The number of halogens is 3. The standard InChI is InChI=1S/C49H33F3N2O2S2/c1-56-48(55)45(49(50,51)52)44-40-30-42(32-22-26-38(27-23-32)53(34-14-6-2-7-15-34)35-16-8-3-9-17-35)57-46(40)47-41(44)31-43(58-47)33-24-28-39(29-25-33)54(36-18-10-4-11-19-36)37-20-12-5-13-21-37/h2-31H,1H3. The maximum absolute atomic E-state index is 14.9. The van der Waals surface area contributed by atoms with Crippen LogP contribution in [0, 0.1) is 0 Å². The summed E-state index contributed by atoms with van der Waals surface area (Å²) in [4.78, 5) is 20.3. The minimum absolute atomic E-state index is 0.152. The number of hydrogen-bond acceptors (Lipinski definition) is 6. The lowest BCUT2D eigenvalue weighted by molar-refractivity contribution is -0.147. The van der Waals surface area contributed by atoms with Crippen LogP contribution in [0.2, 0.25) is 0 Å². The normalized spacial score (nSPS) is 11.8. The molecule has 0 atom stereocenters. The second kappa shape index (κ2) is 15.3. The SMILES string of the molecule is COC(=O)C(=C1c2cc(-c3ccc(N(c4ccccc4)c4ccccc4)cc3)sc2-c2sc(-c3ccc(N(c4ccccc4)c4ccccc4)cc3)cc21)C(F)(F)F. The number of esters is 1. The van der Waals surface area contributed by atoms with Crippen LogP contribution in [0.4, 0.5) is 47.3 Å². The molecule has 0 saturated carbocycles. The molecule has 4 nitrogen and oxygen atoms in total. The highest BCUT2D eigenvalue weighted by Crippen LogP contribution is 2.58. The first-order valence-corrected chi connectivity index (χ1v) is 20.1. The van der Waals surface area contributed by atoms with Crippen LogP contribution >= 0.6 is 22.7 Å². The molecule has 0 amide bonds. The number of alkyl halides is 3. The van der Waals surface area contributed by atoms with Crippen LogP contribution in [0.15, 0.2) is 188 Å². The summed E-state index contributed by atoms with van der Waals surface area (Å²) in [6.07, 6.45) is -4.95. The number of carbonyl (C=O) groups excluding carboxylic acids is 1. The van der Waals surface area contributed by atoms with Crippen molar-refractivity contribution in [3.8, 4) is 30.6 Å². The van der Waals surface area contributed by atoms with Crippen molar-refractivity contribution in [2.24, 2.45) is 0 Å². The Hall–Kier alpha value is -6.68. The Kier molecular flexibility index (Phi) is 9.77. The van der Waals surface area contributed by atoms with Gasteiger partial charge in [-0.1, -0.05) is 97.1 Å². The van der Waals surface area contributed by atoms with Gasteiger partial charge in [0.25, 0.3) is 0 Å². The van der Waals surface area contributed by atoms with Crippen molar-refractivity contribution < 1.29 is 22.7 Å². The lowest BCUT2D eigenvalue weighted by Gasteiger charge is -2.25. The Morgan fingerprint density at radius 3 is 1.09 bits per heavy atom. The number of anilines is 6. The number of fused-ring (bicyclic) bond motifs is 3. The molecule has 6 aromatic carbocycles. The van der Waals surface area contributed by atoms with Gasteiger partial charge < -0.3 is 14.5 Å². The van der Waals surface area contributed by atoms with Crippen LogP contribution in [-0.2, 0) is 9.53 Å². The van der Waals surface area contributed by atoms with Crippen LogP contribution in [0.1, 0.15) is 11.1 Å². The van der Waals surface area contributed by atoms with Crippen molar-refractivity contribution >= 4 is 68.3 Å². The number of methoxy groups -OCH3 is 1. The number of ether oxygens (including phenoxy) is 1. The minimum Gasteiger partial charge on any atom is -0.465 e. The van der Waals surface area contributed by atoms with Crippen molar-refractivity contribution in [3.63, 3.8) is 0 Å².